The highest BCUT2D eigenvalue weighted by Gasteiger charge is 2.38. The molecule has 1 aromatic rings. The van der Waals surface area contributed by atoms with Crippen LogP contribution in [0, 0.1) is 29.1 Å². The van der Waals surface area contributed by atoms with E-state index in [0.29, 0.717) is 12.8 Å². The van der Waals surface area contributed by atoms with Crippen LogP contribution in [0.1, 0.15) is 24.4 Å². The summed E-state index contributed by atoms with van der Waals surface area (Å²) in [6.45, 7) is -0.862. The number of H-pyrrole nitrogens is 1. The van der Waals surface area contributed by atoms with Crippen LogP contribution in [0.4, 0.5) is 13.2 Å². The maximum absolute atomic E-state index is 12.2. The first-order valence-corrected chi connectivity index (χ1v) is 8.67. The van der Waals surface area contributed by atoms with Crippen molar-refractivity contribution in [3.8, 4) is 17.9 Å². The number of carbonyl (C=O) groups excluding carboxylic acids is 1. The van der Waals surface area contributed by atoms with Gasteiger partial charge in [-0.05, 0) is 6.42 Å². The second kappa shape index (κ2) is 9.80. The van der Waals surface area contributed by atoms with Gasteiger partial charge < -0.3 is 15.2 Å². The van der Waals surface area contributed by atoms with Crippen molar-refractivity contribution in [2.45, 2.75) is 31.2 Å². The maximum Gasteiger partial charge on any atom is 0.471 e. The molecule has 9 nitrogen and oxygen atoms in total. The van der Waals surface area contributed by atoms with Crippen molar-refractivity contribution in [2.24, 2.45) is 5.92 Å². The van der Waals surface area contributed by atoms with Gasteiger partial charge in [0.1, 0.15) is 11.7 Å². The third-order valence-corrected chi connectivity index (χ3v) is 4.41. The average molecular weight is 426 g/mol. The van der Waals surface area contributed by atoms with Gasteiger partial charge in [0.15, 0.2) is 0 Å². The minimum absolute atomic E-state index is 0.176. The van der Waals surface area contributed by atoms with E-state index < -0.39 is 42.0 Å². The van der Waals surface area contributed by atoms with Gasteiger partial charge in [0.05, 0.1) is 25.0 Å². The number of amides is 1. The fourth-order valence-corrected chi connectivity index (χ4v) is 3.02. The molecule has 1 saturated carbocycles. The molecular weight excluding hydrogens is 409 g/mol. The predicted octanol–water partition coefficient (Wildman–Crippen LogP) is -0.0675. The zero-order valence-electron chi connectivity index (χ0n) is 15.4. The number of aromatic amines is 1. The first kappa shape index (κ1) is 22.8. The number of aliphatic hydroxyl groups excluding tert-OH is 1. The SMILES string of the molecule is N#C/C=C/O[C@H]1C[C@H](n2cc(C#CCNC(=O)C(F)(F)F)c(=O)[nH]c2=O)C[C@@H]1CO. The van der Waals surface area contributed by atoms with Gasteiger partial charge in [-0.25, -0.2) is 4.79 Å². The highest BCUT2D eigenvalue weighted by Crippen LogP contribution is 2.35. The lowest BCUT2D eigenvalue weighted by atomic mass is 10.1. The Kier molecular flexibility index (Phi) is 7.44. The number of nitrogens with zero attached hydrogens (tertiary/aromatic N) is 2. The Morgan fingerprint density at radius 2 is 2.17 bits per heavy atom. The number of hydrogen-bond acceptors (Lipinski definition) is 6. The molecule has 12 heteroatoms. The highest BCUT2D eigenvalue weighted by molar-refractivity contribution is 5.81. The standard InChI is InChI=1S/C18H17F3N4O5/c19-18(20,21)16(28)23-5-1-3-11-9-25(17(29)24-15(11)27)13-7-12(10-26)14(8-13)30-6-2-4-22/h2,6,9,12-14,26H,5,7-8,10H2,(H,23,28)(H,24,27,29)/b6-2+/t12-,13-,14+/m1/s1. The Balaban J connectivity index is 2.18. The van der Waals surface area contributed by atoms with Gasteiger partial charge in [0.2, 0.25) is 0 Å². The summed E-state index contributed by atoms with van der Waals surface area (Å²) in [7, 11) is 0. The molecule has 1 aromatic heterocycles. The molecule has 0 spiro atoms. The Bertz CT molecular complexity index is 1030. The van der Waals surface area contributed by atoms with E-state index in [0.717, 1.165) is 6.08 Å². The summed E-state index contributed by atoms with van der Waals surface area (Å²) in [5.41, 5.74) is -1.72. The van der Waals surface area contributed by atoms with Gasteiger partial charge in [-0.3, -0.25) is 19.1 Å². The lowest BCUT2D eigenvalue weighted by molar-refractivity contribution is -0.173. The molecule has 30 heavy (non-hydrogen) atoms. The zero-order chi connectivity index (χ0) is 22.3. The van der Waals surface area contributed by atoms with E-state index in [-0.39, 0.29) is 18.1 Å². The van der Waals surface area contributed by atoms with Crippen LogP contribution in [0.3, 0.4) is 0 Å². The fourth-order valence-electron chi connectivity index (χ4n) is 3.02. The van der Waals surface area contributed by atoms with Gasteiger partial charge in [-0.2, -0.15) is 18.4 Å². The first-order chi connectivity index (χ1) is 14.2. The Hall–Kier alpha value is -3.51. The Morgan fingerprint density at radius 1 is 1.43 bits per heavy atom. The molecule has 1 aliphatic carbocycles. The summed E-state index contributed by atoms with van der Waals surface area (Å²) in [5, 5.41) is 19.6. The van der Waals surface area contributed by atoms with Gasteiger partial charge in [0.25, 0.3) is 5.56 Å². The van der Waals surface area contributed by atoms with E-state index in [1.165, 1.54) is 17.0 Å². The van der Waals surface area contributed by atoms with Gasteiger partial charge >= 0.3 is 17.8 Å². The summed E-state index contributed by atoms with van der Waals surface area (Å²) in [6.07, 6.45) is -1.36. The maximum atomic E-state index is 12.2. The van der Waals surface area contributed by atoms with Crippen LogP contribution in [0.2, 0.25) is 0 Å². The number of halogens is 3. The molecule has 1 aliphatic rings. The van der Waals surface area contributed by atoms with Crippen LogP contribution >= 0.6 is 0 Å². The molecule has 2 rings (SSSR count). The topological polar surface area (TPSA) is 137 Å². The lowest BCUT2D eigenvalue weighted by Gasteiger charge is -2.15. The third kappa shape index (κ3) is 5.75. The molecule has 0 bridgehead atoms. The zero-order valence-corrected chi connectivity index (χ0v) is 15.4. The van der Waals surface area contributed by atoms with Crippen molar-refractivity contribution >= 4 is 5.91 Å². The molecule has 1 heterocycles. The Morgan fingerprint density at radius 3 is 2.80 bits per heavy atom. The van der Waals surface area contributed by atoms with Crippen LogP contribution in [0.25, 0.3) is 0 Å². The fraction of sp³-hybridized carbons (Fsp3) is 0.444. The second-order valence-corrected chi connectivity index (χ2v) is 6.37. The van der Waals surface area contributed by atoms with Crippen molar-refractivity contribution in [1.82, 2.24) is 14.9 Å². The molecule has 1 amide bonds. The van der Waals surface area contributed by atoms with Crippen molar-refractivity contribution in [2.75, 3.05) is 13.2 Å². The Labute approximate surface area is 167 Å². The molecule has 0 aliphatic heterocycles. The van der Waals surface area contributed by atoms with E-state index in [2.05, 4.69) is 16.8 Å². The van der Waals surface area contributed by atoms with Gasteiger partial charge in [-0.15, -0.1) is 0 Å². The van der Waals surface area contributed by atoms with E-state index in [1.54, 1.807) is 11.4 Å². The number of ether oxygens (including phenoxy) is 1. The van der Waals surface area contributed by atoms with E-state index in [1.807, 2.05) is 0 Å². The van der Waals surface area contributed by atoms with E-state index in [9.17, 15) is 32.7 Å². The van der Waals surface area contributed by atoms with E-state index in [4.69, 9.17) is 10.00 Å². The summed E-state index contributed by atoms with van der Waals surface area (Å²) < 4.78 is 43.0. The van der Waals surface area contributed by atoms with Crippen molar-refractivity contribution in [3.05, 3.63) is 44.9 Å². The van der Waals surface area contributed by atoms with Crippen molar-refractivity contribution in [1.29, 1.82) is 5.26 Å². The summed E-state index contributed by atoms with van der Waals surface area (Å²) in [4.78, 5) is 36.9. The van der Waals surface area contributed by atoms with E-state index >= 15 is 0 Å². The van der Waals surface area contributed by atoms with Gasteiger partial charge in [-0.1, -0.05) is 11.8 Å². The summed E-state index contributed by atoms with van der Waals surface area (Å²) in [6, 6.07) is 1.32. The number of carbonyl (C=O) groups is 1. The van der Waals surface area contributed by atoms with Crippen LogP contribution in [-0.4, -0.2) is 46.0 Å². The van der Waals surface area contributed by atoms with Crippen molar-refractivity contribution in [3.63, 3.8) is 0 Å². The largest absolute Gasteiger partial charge is 0.497 e. The predicted molar refractivity (Wildman–Crippen MR) is 95.7 cm³/mol. The molecule has 1 fully saturated rings. The molecule has 3 atom stereocenters. The second-order valence-electron chi connectivity index (χ2n) is 6.37. The number of alkyl halides is 3. The number of nitrogens with one attached hydrogen (secondary N) is 2. The summed E-state index contributed by atoms with van der Waals surface area (Å²) in [5.74, 6) is 2.08. The number of nitriles is 1. The molecule has 0 saturated heterocycles. The first-order valence-electron chi connectivity index (χ1n) is 8.67. The summed E-state index contributed by atoms with van der Waals surface area (Å²) >= 11 is 0. The normalized spacial score (nSPS) is 21.0. The quantitative estimate of drug-likeness (QED) is 0.343. The van der Waals surface area contributed by atoms with Crippen LogP contribution in [0.5, 0.6) is 0 Å². The minimum atomic E-state index is -5.04. The smallest absolute Gasteiger partial charge is 0.471 e. The number of hydrogen-bond donors (Lipinski definition) is 3. The number of allylic oxidation sites excluding steroid dienone is 1. The highest BCUT2D eigenvalue weighted by atomic mass is 19.4. The van der Waals surface area contributed by atoms with Crippen LogP contribution < -0.4 is 16.6 Å². The van der Waals surface area contributed by atoms with Crippen molar-refractivity contribution < 1.29 is 27.8 Å². The molecule has 0 radical (unpaired) electrons. The molecular formula is C18H17F3N4O5. The average Bonchev–Trinajstić information content (AvgIpc) is 3.08. The third-order valence-electron chi connectivity index (χ3n) is 4.41. The molecule has 160 valence electrons. The molecule has 0 unspecified atom stereocenters. The van der Waals surface area contributed by atoms with Gasteiger partial charge in [0, 0.05) is 31.2 Å². The lowest BCUT2D eigenvalue weighted by Crippen LogP contribution is -2.36. The molecule has 0 aromatic carbocycles. The number of rotatable bonds is 5. The van der Waals surface area contributed by atoms with Crippen LogP contribution in [0.15, 0.2) is 28.1 Å². The minimum Gasteiger partial charge on any atom is -0.497 e. The van der Waals surface area contributed by atoms with Crippen LogP contribution in [-0.2, 0) is 9.53 Å². The molecule has 3 N–H and O–H groups in total. The number of aromatic nitrogens is 2. The number of aliphatic hydroxyl groups is 1. The monoisotopic (exact) mass is 426 g/mol.